The van der Waals surface area contributed by atoms with Crippen molar-refractivity contribution in [2.45, 2.75) is 40.2 Å². The Balaban J connectivity index is 2.19. The van der Waals surface area contributed by atoms with Crippen LogP contribution in [0.3, 0.4) is 0 Å². The second-order valence-corrected chi connectivity index (χ2v) is 5.22. The van der Waals surface area contributed by atoms with E-state index in [1.807, 2.05) is 0 Å². The molecule has 1 aromatic heterocycles. The highest BCUT2D eigenvalue weighted by Crippen LogP contribution is 2.19. The number of rotatable bonds is 5. The molecule has 2 aromatic rings. The fourth-order valence-corrected chi connectivity index (χ4v) is 2.47. The van der Waals surface area contributed by atoms with Gasteiger partial charge in [0.15, 0.2) is 0 Å². The number of benzene rings is 1. The molecular formula is C17H24N2. The van der Waals surface area contributed by atoms with Gasteiger partial charge in [-0.3, -0.25) is 0 Å². The topological polar surface area (TPSA) is 17.0 Å². The summed E-state index contributed by atoms with van der Waals surface area (Å²) < 4.78 is 2.29. The van der Waals surface area contributed by atoms with E-state index in [1.54, 1.807) is 0 Å². The summed E-state index contributed by atoms with van der Waals surface area (Å²) in [5, 5.41) is 3.52. The summed E-state index contributed by atoms with van der Waals surface area (Å²) in [5.41, 5.74) is 5.15. The molecule has 2 heteroatoms. The average molecular weight is 256 g/mol. The molecular weight excluding hydrogens is 232 g/mol. The molecule has 102 valence electrons. The predicted molar refractivity (Wildman–Crippen MR) is 82.0 cm³/mol. The molecule has 0 aliphatic heterocycles. The molecule has 0 saturated heterocycles. The summed E-state index contributed by atoms with van der Waals surface area (Å²) in [6.07, 6.45) is 1.17. The minimum absolute atomic E-state index is 0.417. The van der Waals surface area contributed by atoms with Crippen LogP contribution in [0.25, 0.3) is 5.69 Å². The van der Waals surface area contributed by atoms with Crippen LogP contribution >= 0.6 is 0 Å². The lowest BCUT2D eigenvalue weighted by Gasteiger charge is -2.15. The van der Waals surface area contributed by atoms with E-state index in [9.17, 15) is 0 Å². The molecule has 0 spiro atoms. The molecule has 0 radical (unpaired) electrons. The highest BCUT2D eigenvalue weighted by molar-refractivity contribution is 5.40. The number of nitrogens with zero attached hydrogens (tertiary/aromatic N) is 1. The molecule has 1 heterocycles. The van der Waals surface area contributed by atoms with Crippen LogP contribution in [0.2, 0.25) is 0 Å². The van der Waals surface area contributed by atoms with Gasteiger partial charge in [-0.15, -0.1) is 0 Å². The predicted octanol–water partition coefficient (Wildman–Crippen LogP) is 4.15. The Hall–Kier alpha value is -1.54. The van der Waals surface area contributed by atoms with Crippen molar-refractivity contribution < 1.29 is 0 Å². The first-order valence-corrected chi connectivity index (χ1v) is 7.12. The van der Waals surface area contributed by atoms with E-state index in [0.717, 1.165) is 6.54 Å². The van der Waals surface area contributed by atoms with Gasteiger partial charge in [0.2, 0.25) is 0 Å². The first-order valence-electron chi connectivity index (χ1n) is 7.12. The molecule has 1 unspecified atom stereocenters. The van der Waals surface area contributed by atoms with Crippen molar-refractivity contribution in [3.63, 3.8) is 0 Å². The highest BCUT2D eigenvalue weighted by Gasteiger charge is 2.06. The number of hydrogen-bond acceptors (Lipinski definition) is 1. The van der Waals surface area contributed by atoms with E-state index in [-0.39, 0.29) is 0 Å². The second kappa shape index (κ2) is 6.07. The van der Waals surface area contributed by atoms with Gasteiger partial charge in [-0.1, -0.05) is 19.1 Å². The maximum absolute atomic E-state index is 3.52. The van der Waals surface area contributed by atoms with Gasteiger partial charge in [0.05, 0.1) is 0 Å². The smallest absolute Gasteiger partial charge is 0.0455 e. The molecule has 0 aliphatic rings. The molecule has 19 heavy (non-hydrogen) atoms. The zero-order valence-corrected chi connectivity index (χ0v) is 12.4. The summed E-state index contributed by atoms with van der Waals surface area (Å²) in [6, 6.07) is 13.6. The van der Waals surface area contributed by atoms with Crippen molar-refractivity contribution in [1.29, 1.82) is 0 Å². The van der Waals surface area contributed by atoms with Crippen LogP contribution in [0.15, 0.2) is 36.4 Å². The minimum Gasteiger partial charge on any atom is -0.319 e. The SMILES string of the molecule is CCCNC(C)c1ccc(-n2c(C)ccc2C)cc1. The van der Waals surface area contributed by atoms with Gasteiger partial charge in [0.25, 0.3) is 0 Å². The first kappa shape index (κ1) is 13.9. The van der Waals surface area contributed by atoms with Crippen LogP contribution < -0.4 is 5.32 Å². The van der Waals surface area contributed by atoms with Gasteiger partial charge < -0.3 is 9.88 Å². The quantitative estimate of drug-likeness (QED) is 0.850. The second-order valence-electron chi connectivity index (χ2n) is 5.22. The van der Waals surface area contributed by atoms with Crippen LogP contribution in [-0.4, -0.2) is 11.1 Å². The van der Waals surface area contributed by atoms with Crippen molar-refractivity contribution in [2.75, 3.05) is 6.54 Å². The molecule has 0 bridgehead atoms. The van der Waals surface area contributed by atoms with Gasteiger partial charge in [-0.2, -0.15) is 0 Å². The van der Waals surface area contributed by atoms with Crippen LogP contribution in [0.4, 0.5) is 0 Å². The zero-order valence-electron chi connectivity index (χ0n) is 12.4. The number of aromatic nitrogens is 1. The molecule has 0 aliphatic carbocycles. The standard InChI is InChI=1S/C17H24N2/c1-5-12-18-15(4)16-8-10-17(11-9-16)19-13(2)6-7-14(19)3/h6-11,15,18H,5,12H2,1-4H3. The fraction of sp³-hybridized carbons (Fsp3) is 0.412. The Morgan fingerprint density at radius 3 is 2.11 bits per heavy atom. The van der Waals surface area contributed by atoms with Gasteiger partial charge in [0.1, 0.15) is 0 Å². The van der Waals surface area contributed by atoms with Gasteiger partial charge >= 0.3 is 0 Å². The van der Waals surface area contributed by atoms with E-state index < -0.39 is 0 Å². The third-order valence-corrected chi connectivity index (χ3v) is 3.62. The van der Waals surface area contributed by atoms with Crippen LogP contribution in [-0.2, 0) is 0 Å². The molecule has 2 nitrogen and oxygen atoms in total. The summed E-state index contributed by atoms with van der Waals surface area (Å²) in [7, 11) is 0. The summed E-state index contributed by atoms with van der Waals surface area (Å²) in [4.78, 5) is 0. The largest absolute Gasteiger partial charge is 0.319 e. The maximum Gasteiger partial charge on any atom is 0.0455 e. The first-order chi connectivity index (χ1) is 9.13. The Kier molecular flexibility index (Phi) is 4.43. The Bertz CT molecular complexity index is 503. The van der Waals surface area contributed by atoms with Crippen molar-refractivity contribution in [3.05, 3.63) is 53.3 Å². The van der Waals surface area contributed by atoms with E-state index in [2.05, 4.69) is 74.0 Å². The summed E-state index contributed by atoms with van der Waals surface area (Å²) >= 11 is 0. The molecule has 1 N–H and O–H groups in total. The third-order valence-electron chi connectivity index (χ3n) is 3.62. The number of nitrogens with one attached hydrogen (secondary N) is 1. The van der Waals surface area contributed by atoms with Gasteiger partial charge in [0, 0.05) is 23.1 Å². The Morgan fingerprint density at radius 1 is 1.00 bits per heavy atom. The van der Waals surface area contributed by atoms with Crippen LogP contribution in [0, 0.1) is 13.8 Å². The maximum atomic E-state index is 3.52. The van der Waals surface area contributed by atoms with Crippen LogP contribution in [0.1, 0.15) is 43.3 Å². The zero-order chi connectivity index (χ0) is 13.8. The molecule has 0 saturated carbocycles. The van der Waals surface area contributed by atoms with E-state index in [0.29, 0.717) is 6.04 Å². The lowest BCUT2D eigenvalue weighted by atomic mass is 10.1. The average Bonchev–Trinajstić information content (AvgIpc) is 2.76. The van der Waals surface area contributed by atoms with Crippen molar-refractivity contribution in [3.8, 4) is 5.69 Å². The summed E-state index contributed by atoms with van der Waals surface area (Å²) in [5.74, 6) is 0. The minimum atomic E-state index is 0.417. The lowest BCUT2D eigenvalue weighted by Crippen LogP contribution is -2.19. The Labute approximate surface area is 116 Å². The monoisotopic (exact) mass is 256 g/mol. The fourth-order valence-electron chi connectivity index (χ4n) is 2.47. The molecule has 2 rings (SSSR count). The van der Waals surface area contributed by atoms with Crippen molar-refractivity contribution in [1.82, 2.24) is 9.88 Å². The van der Waals surface area contributed by atoms with E-state index >= 15 is 0 Å². The molecule has 1 atom stereocenters. The highest BCUT2D eigenvalue weighted by atomic mass is 15.0. The lowest BCUT2D eigenvalue weighted by molar-refractivity contribution is 0.570. The normalized spacial score (nSPS) is 12.6. The molecule has 1 aromatic carbocycles. The molecule has 0 amide bonds. The van der Waals surface area contributed by atoms with Gasteiger partial charge in [-0.25, -0.2) is 0 Å². The van der Waals surface area contributed by atoms with Crippen molar-refractivity contribution >= 4 is 0 Å². The van der Waals surface area contributed by atoms with Crippen LogP contribution in [0.5, 0.6) is 0 Å². The third kappa shape index (κ3) is 3.07. The Morgan fingerprint density at radius 2 is 1.58 bits per heavy atom. The van der Waals surface area contributed by atoms with Crippen molar-refractivity contribution in [2.24, 2.45) is 0 Å². The molecule has 0 fully saturated rings. The number of hydrogen-bond donors (Lipinski definition) is 1. The van der Waals surface area contributed by atoms with E-state index in [1.165, 1.54) is 29.1 Å². The number of aryl methyl sites for hydroxylation is 2. The van der Waals surface area contributed by atoms with E-state index in [4.69, 9.17) is 0 Å². The van der Waals surface area contributed by atoms with Gasteiger partial charge in [-0.05, 0) is 63.6 Å². The summed E-state index contributed by atoms with van der Waals surface area (Å²) in [6.45, 7) is 9.77.